The van der Waals surface area contributed by atoms with Crippen molar-refractivity contribution in [3.63, 3.8) is 0 Å². The first-order valence-electron chi connectivity index (χ1n) is 9.50. The molecule has 146 valence electrons. The summed E-state index contributed by atoms with van der Waals surface area (Å²) in [6.07, 6.45) is 0. The van der Waals surface area contributed by atoms with E-state index in [1.54, 1.807) is 24.3 Å². The number of nitrogens with one attached hydrogen (secondary N) is 1. The largest absolute Gasteiger partial charge is 0.436 e. The molecule has 4 rings (SSSR count). The number of oxazole rings is 1. The van der Waals surface area contributed by atoms with Gasteiger partial charge in [0.05, 0.1) is 10.6 Å². The van der Waals surface area contributed by atoms with Crippen molar-refractivity contribution in [2.45, 2.75) is 26.7 Å². The maximum atomic E-state index is 12.6. The van der Waals surface area contributed by atoms with Gasteiger partial charge in [0.1, 0.15) is 5.52 Å². The number of carbonyl (C=O) groups is 1. The Balaban J connectivity index is 1.67. The highest BCUT2D eigenvalue weighted by atomic mass is 35.5. The van der Waals surface area contributed by atoms with Crippen LogP contribution in [0.2, 0.25) is 5.02 Å². The van der Waals surface area contributed by atoms with Gasteiger partial charge in [-0.2, -0.15) is 0 Å². The summed E-state index contributed by atoms with van der Waals surface area (Å²) in [6.45, 7) is 6.24. The van der Waals surface area contributed by atoms with Crippen molar-refractivity contribution in [2.24, 2.45) is 0 Å². The number of fused-ring (bicyclic) bond motifs is 1. The number of aromatic nitrogens is 1. The summed E-state index contributed by atoms with van der Waals surface area (Å²) in [7, 11) is 0. The zero-order chi connectivity index (χ0) is 20.5. The van der Waals surface area contributed by atoms with Crippen LogP contribution in [0.15, 0.2) is 65.1 Å². The molecule has 1 heterocycles. The lowest BCUT2D eigenvalue weighted by molar-refractivity contribution is 0.102. The minimum absolute atomic E-state index is 0.255. The normalized spacial score (nSPS) is 11.2. The number of halogens is 1. The molecule has 5 heteroatoms. The van der Waals surface area contributed by atoms with Crippen LogP contribution in [-0.2, 0) is 0 Å². The number of carbonyl (C=O) groups excluding carboxylic acids is 1. The molecule has 4 nitrogen and oxygen atoms in total. The monoisotopic (exact) mass is 404 g/mol. The fourth-order valence-corrected chi connectivity index (χ4v) is 3.37. The molecule has 1 amide bonds. The van der Waals surface area contributed by atoms with Crippen molar-refractivity contribution in [2.75, 3.05) is 5.32 Å². The average molecular weight is 405 g/mol. The molecule has 0 saturated heterocycles. The van der Waals surface area contributed by atoms with Crippen LogP contribution >= 0.6 is 11.6 Å². The molecule has 0 radical (unpaired) electrons. The lowest BCUT2D eigenvalue weighted by Crippen LogP contribution is -2.13. The smallest absolute Gasteiger partial charge is 0.257 e. The van der Waals surface area contributed by atoms with E-state index in [-0.39, 0.29) is 5.91 Å². The number of amides is 1. The van der Waals surface area contributed by atoms with E-state index in [0.29, 0.717) is 28.1 Å². The summed E-state index contributed by atoms with van der Waals surface area (Å²) in [4.78, 5) is 17.3. The number of benzene rings is 3. The first kappa shape index (κ1) is 19.2. The molecule has 0 spiro atoms. The van der Waals surface area contributed by atoms with E-state index in [1.165, 1.54) is 5.56 Å². The Morgan fingerprint density at radius 2 is 1.86 bits per heavy atom. The van der Waals surface area contributed by atoms with Crippen molar-refractivity contribution in [3.8, 4) is 11.5 Å². The van der Waals surface area contributed by atoms with Crippen LogP contribution in [-0.4, -0.2) is 10.9 Å². The second kappa shape index (κ2) is 7.72. The second-order valence-corrected chi connectivity index (χ2v) is 7.77. The van der Waals surface area contributed by atoms with Crippen molar-refractivity contribution in [3.05, 3.63) is 82.4 Å². The Kier molecular flexibility index (Phi) is 5.12. The van der Waals surface area contributed by atoms with Crippen LogP contribution in [0.1, 0.15) is 41.3 Å². The maximum absolute atomic E-state index is 12.6. The summed E-state index contributed by atoms with van der Waals surface area (Å²) in [5.74, 6) is 0.690. The molecule has 0 saturated carbocycles. The van der Waals surface area contributed by atoms with Gasteiger partial charge in [-0.25, -0.2) is 4.98 Å². The summed E-state index contributed by atoms with van der Waals surface area (Å²) in [5.41, 5.74) is 5.65. The van der Waals surface area contributed by atoms with E-state index < -0.39 is 0 Å². The van der Waals surface area contributed by atoms with Crippen LogP contribution in [0.25, 0.3) is 22.6 Å². The molecule has 1 N–H and O–H groups in total. The Morgan fingerprint density at radius 1 is 1.07 bits per heavy atom. The quantitative estimate of drug-likeness (QED) is 0.405. The van der Waals surface area contributed by atoms with Crippen molar-refractivity contribution in [1.29, 1.82) is 0 Å². The second-order valence-electron chi connectivity index (χ2n) is 7.36. The van der Waals surface area contributed by atoms with Gasteiger partial charge in [0.15, 0.2) is 5.58 Å². The van der Waals surface area contributed by atoms with Crippen LogP contribution in [0.4, 0.5) is 5.69 Å². The highest BCUT2D eigenvalue weighted by Gasteiger charge is 2.14. The molecule has 0 bridgehead atoms. The fraction of sp³-hybridized carbons (Fsp3) is 0.167. The van der Waals surface area contributed by atoms with E-state index >= 15 is 0 Å². The summed E-state index contributed by atoms with van der Waals surface area (Å²) >= 11 is 6.15. The van der Waals surface area contributed by atoms with Crippen molar-refractivity contribution < 1.29 is 9.21 Å². The molecule has 0 aliphatic heterocycles. The van der Waals surface area contributed by atoms with E-state index in [4.69, 9.17) is 16.0 Å². The molecule has 0 aliphatic rings. The predicted molar refractivity (Wildman–Crippen MR) is 118 cm³/mol. The number of rotatable bonds is 4. The van der Waals surface area contributed by atoms with Gasteiger partial charge < -0.3 is 9.73 Å². The minimum atomic E-state index is -0.255. The number of hydrogen-bond acceptors (Lipinski definition) is 3. The Morgan fingerprint density at radius 3 is 2.62 bits per heavy atom. The van der Waals surface area contributed by atoms with E-state index in [2.05, 4.69) is 36.3 Å². The van der Waals surface area contributed by atoms with Gasteiger partial charge in [-0.15, -0.1) is 0 Å². The highest BCUT2D eigenvalue weighted by molar-refractivity contribution is 6.34. The zero-order valence-corrected chi connectivity index (χ0v) is 17.2. The number of anilines is 1. The minimum Gasteiger partial charge on any atom is -0.436 e. The molecule has 0 fully saturated rings. The molecule has 0 atom stereocenters. The molecule has 29 heavy (non-hydrogen) atoms. The summed E-state index contributed by atoms with van der Waals surface area (Å²) in [6, 6.07) is 18.8. The third-order valence-corrected chi connectivity index (χ3v) is 5.26. The number of aryl methyl sites for hydroxylation is 1. The van der Waals surface area contributed by atoms with Crippen LogP contribution < -0.4 is 5.32 Å². The maximum Gasteiger partial charge on any atom is 0.257 e. The van der Waals surface area contributed by atoms with Gasteiger partial charge in [-0.3, -0.25) is 4.79 Å². The molecular formula is C24H21ClN2O2. The lowest BCUT2D eigenvalue weighted by Gasteiger charge is -2.10. The topological polar surface area (TPSA) is 55.1 Å². The van der Waals surface area contributed by atoms with Gasteiger partial charge >= 0.3 is 0 Å². The Labute approximate surface area is 174 Å². The van der Waals surface area contributed by atoms with Crippen molar-refractivity contribution in [1.82, 2.24) is 4.98 Å². The first-order chi connectivity index (χ1) is 13.9. The highest BCUT2D eigenvalue weighted by Crippen LogP contribution is 2.30. The molecule has 3 aromatic carbocycles. The lowest BCUT2D eigenvalue weighted by atomic mass is 10.0. The van der Waals surface area contributed by atoms with Crippen LogP contribution in [0.5, 0.6) is 0 Å². The van der Waals surface area contributed by atoms with Gasteiger partial charge in [0, 0.05) is 11.3 Å². The Hall–Kier alpha value is -3.11. The first-order valence-corrected chi connectivity index (χ1v) is 9.87. The van der Waals surface area contributed by atoms with E-state index in [9.17, 15) is 4.79 Å². The molecule has 0 unspecified atom stereocenters. The van der Waals surface area contributed by atoms with Crippen LogP contribution in [0.3, 0.4) is 0 Å². The van der Waals surface area contributed by atoms with Gasteiger partial charge in [-0.05, 0) is 60.4 Å². The van der Waals surface area contributed by atoms with Crippen molar-refractivity contribution >= 4 is 34.3 Å². The SMILES string of the molecule is Cc1ccc(-c2nc3cc(C(C)C)ccc3o2)cc1NC(=O)c1ccccc1Cl. The predicted octanol–water partition coefficient (Wildman–Crippen LogP) is 6.83. The third kappa shape index (κ3) is 3.89. The van der Waals surface area contributed by atoms with E-state index in [1.807, 2.05) is 31.2 Å². The molecule has 1 aromatic heterocycles. The molecular weight excluding hydrogens is 384 g/mol. The van der Waals surface area contributed by atoms with E-state index in [0.717, 1.165) is 22.2 Å². The number of hydrogen-bond donors (Lipinski definition) is 1. The molecule has 4 aromatic rings. The molecule has 0 aliphatic carbocycles. The van der Waals surface area contributed by atoms with Crippen LogP contribution in [0, 0.1) is 6.92 Å². The summed E-state index contributed by atoms with van der Waals surface area (Å²) in [5, 5.41) is 3.36. The summed E-state index contributed by atoms with van der Waals surface area (Å²) < 4.78 is 5.95. The average Bonchev–Trinajstić information content (AvgIpc) is 3.13. The van der Waals surface area contributed by atoms with Gasteiger partial charge in [0.2, 0.25) is 5.89 Å². The number of nitrogens with zero attached hydrogens (tertiary/aromatic N) is 1. The zero-order valence-electron chi connectivity index (χ0n) is 16.5. The van der Waals surface area contributed by atoms with Gasteiger partial charge in [-0.1, -0.05) is 49.7 Å². The third-order valence-electron chi connectivity index (χ3n) is 4.93. The Bertz CT molecular complexity index is 1210. The standard InChI is InChI=1S/C24H21ClN2O2/c1-14(2)16-10-11-22-21(12-16)27-24(29-22)17-9-8-15(3)20(13-17)26-23(28)18-6-4-5-7-19(18)25/h4-14H,1-3H3,(H,26,28). The fourth-order valence-electron chi connectivity index (χ4n) is 3.15. The van der Waals surface area contributed by atoms with Gasteiger partial charge in [0.25, 0.3) is 5.91 Å².